The highest BCUT2D eigenvalue weighted by molar-refractivity contribution is 6.02. The first kappa shape index (κ1) is 15.8. The van der Waals surface area contributed by atoms with Crippen LogP contribution in [0.15, 0.2) is 75.9 Å². The summed E-state index contributed by atoms with van der Waals surface area (Å²) in [5.41, 5.74) is 3.48. The molecule has 6 heteroatoms. The number of aromatic nitrogens is 2. The fourth-order valence-electron chi connectivity index (χ4n) is 2.46. The monoisotopic (exact) mass is 345 g/mol. The SMILES string of the molecule is Cc1ccc(-c2noc(-c3ccc(NC(=O)c4ccco4)cc3)n2)cc1. The first-order chi connectivity index (χ1) is 12.7. The van der Waals surface area contributed by atoms with Gasteiger partial charge in [-0.25, -0.2) is 0 Å². The molecule has 0 bridgehead atoms. The number of furan rings is 1. The lowest BCUT2D eigenvalue weighted by atomic mass is 10.1. The standard InChI is InChI=1S/C20H15N3O3/c1-13-4-6-14(7-5-13)18-22-20(26-23-18)15-8-10-16(11-9-15)21-19(24)17-3-2-12-25-17/h2-12H,1H3,(H,21,24). The van der Waals surface area contributed by atoms with Crippen molar-refractivity contribution in [3.63, 3.8) is 0 Å². The number of benzene rings is 2. The molecule has 128 valence electrons. The summed E-state index contributed by atoms with van der Waals surface area (Å²) in [6.07, 6.45) is 1.46. The Bertz CT molecular complexity index is 1020. The summed E-state index contributed by atoms with van der Waals surface area (Å²) in [4.78, 5) is 16.4. The molecule has 6 nitrogen and oxygen atoms in total. The molecule has 2 aromatic carbocycles. The maximum atomic E-state index is 12.0. The minimum absolute atomic E-state index is 0.258. The van der Waals surface area contributed by atoms with Gasteiger partial charge in [0, 0.05) is 16.8 Å². The lowest BCUT2D eigenvalue weighted by Crippen LogP contribution is -2.10. The van der Waals surface area contributed by atoms with Crippen LogP contribution in [0.3, 0.4) is 0 Å². The largest absolute Gasteiger partial charge is 0.459 e. The van der Waals surface area contributed by atoms with Crippen LogP contribution in [0.25, 0.3) is 22.8 Å². The quantitative estimate of drug-likeness (QED) is 0.586. The summed E-state index contributed by atoms with van der Waals surface area (Å²) in [5, 5.41) is 6.79. The number of aryl methyl sites for hydroxylation is 1. The van der Waals surface area contributed by atoms with Crippen molar-refractivity contribution >= 4 is 11.6 Å². The van der Waals surface area contributed by atoms with Gasteiger partial charge in [0.2, 0.25) is 5.82 Å². The third-order valence-corrected chi connectivity index (χ3v) is 3.87. The first-order valence-corrected chi connectivity index (χ1v) is 8.05. The summed E-state index contributed by atoms with van der Waals surface area (Å²) in [6.45, 7) is 2.03. The van der Waals surface area contributed by atoms with E-state index in [-0.39, 0.29) is 11.7 Å². The van der Waals surface area contributed by atoms with E-state index in [1.165, 1.54) is 11.8 Å². The van der Waals surface area contributed by atoms with Crippen LogP contribution in [0.4, 0.5) is 5.69 Å². The summed E-state index contributed by atoms with van der Waals surface area (Å²) in [5.74, 6) is 0.913. The normalized spacial score (nSPS) is 10.7. The van der Waals surface area contributed by atoms with E-state index in [0.29, 0.717) is 17.4 Å². The van der Waals surface area contributed by atoms with Gasteiger partial charge in [-0.3, -0.25) is 4.79 Å². The highest BCUT2D eigenvalue weighted by atomic mass is 16.5. The topological polar surface area (TPSA) is 81.2 Å². The Morgan fingerprint density at radius 3 is 2.38 bits per heavy atom. The highest BCUT2D eigenvalue weighted by Crippen LogP contribution is 2.24. The van der Waals surface area contributed by atoms with Gasteiger partial charge in [-0.2, -0.15) is 4.98 Å². The van der Waals surface area contributed by atoms with Crippen molar-refractivity contribution in [2.24, 2.45) is 0 Å². The number of carbonyl (C=O) groups is 1. The van der Waals surface area contributed by atoms with Crippen molar-refractivity contribution in [3.8, 4) is 22.8 Å². The maximum absolute atomic E-state index is 12.0. The third kappa shape index (κ3) is 3.25. The fourth-order valence-corrected chi connectivity index (χ4v) is 2.46. The number of hydrogen-bond acceptors (Lipinski definition) is 5. The smallest absolute Gasteiger partial charge is 0.291 e. The average molecular weight is 345 g/mol. The van der Waals surface area contributed by atoms with Crippen LogP contribution in [-0.2, 0) is 0 Å². The molecule has 0 aliphatic rings. The van der Waals surface area contributed by atoms with Crippen LogP contribution in [-0.4, -0.2) is 16.0 Å². The average Bonchev–Trinajstić information content (AvgIpc) is 3.35. The van der Waals surface area contributed by atoms with E-state index in [0.717, 1.165) is 11.1 Å². The van der Waals surface area contributed by atoms with E-state index in [1.54, 1.807) is 24.3 Å². The molecule has 0 fully saturated rings. The first-order valence-electron chi connectivity index (χ1n) is 8.05. The lowest BCUT2D eigenvalue weighted by molar-refractivity contribution is 0.0996. The second-order valence-corrected chi connectivity index (χ2v) is 5.80. The molecule has 2 aromatic heterocycles. The molecule has 0 saturated heterocycles. The van der Waals surface area contributed by atoms with Gasteiger partial charge in [0.25, 0.3) is 11.8 Å². The van der Waals surface area contributed by atoms with E-state index in [4.69, 9.17) is 8.94 Å². The van der Waals surface area contributed by atoms with Crippen molar-refractivity contribution < 1.29 is 13.7 Å². The second kappa shape index (κ2) is 6.68. The predicted molar refractivity (Wildman–Crippen MR) is 96.6 cm³/mol. The molecule has 1 amide bonds. The van der Waals surface area contributed by atoms with Gasteiger partial charge in [-0.05, 0) is 43.3 Å². The van der Waals surface area contributed by atoms with Crippen molar-refractivity contribution in [3.05, 3.63) is 78.3 Å². The van der Waals surface area contributed by atoms with Gasteiger partial charge in [-0.1, -0.05) is 35.0 Å². The maximum Gasteiger partial charge on any atom is 0.291 e. The Morgan fingerprint density at radius 2 is 1.69 bits per heavy atom. The second-order valence-electron chi connectivity index (χ2n) is 5.80. The lowest BCUT2D eigenvalue weighted by Gasteiger charge is -2.03. The van der Waals surface area contributed by atoms with Crippen LogP contribution in [0.5, 0.6) is 0 Å². The molecule has 4 aromatic rings. The van der Waals surface area contributed by atoms with E-state index in [9.17, 15) is 4.79 Å². The van der Waals surface area contributed by atoms with E-state index >= 15 is 0 Å². The molecule has 0 unspecified atom stereocenters. The Balaban J connectivity index is 1.50. The van der Waals surface area contributed by atoms with Gasteiger partial charge in [-0.15, -0.1) is 0 Å². The Hall–Kier alpha value is -3.67. The Kier molecular flexibility index (Phi) is 4.07. The summed E-state index contributed by atoms with van der Waals surface area (Å²) in [6, 6.07) is 18.3. The van der Waals surface area contributed by atoms with Crippen molar-refractivity contribution in [2.75, 3.05) is 5.32 Å². The van der Waals surface area contributed by atoms with Crippen LogP contribution in [0.2, 0.25) is 0 Å². The zero-order valence-corrected chi connectivity index (χ0v) is 14.0. The van der Waals surface area contributed by atoms with Gasteiger partial charge in [0.05, 0.1) is 6.26 Å². The van der Waals surface area contributed by atoms with Gasteiger partial charge in [0.15, 0.2) is 5.76 Å². The molecule has 26 heavy (non-hydrogen) atoms. The number of nitrogens with one attached hydrogen (secondary N) is 1. The number of carbonyl (C=O) groups excluding carboxylic acids is 1. The fraction of sp³-hybridized carbons (Fsp3) is 0.0500. The molecule has 0 spiro atoms. The van der Waals surface area contributed by atoms with Gasteiger partial charge in [0.1, 0.15) is 0 Å². The zero-order chi connectivity index (χ0) is 17.9. The Labute approximate surface area is 149 Å². The molecule has 0 saturated carbocycles. The zero-order valence-electron chi connectivity index (χ0n) is 14.0. The molecule has 0 aliphatic carbocycles. The van der Waals surface area contributed by atoms with E-state index in [2.05, 4.69) is 15.5 Å². The van der Waals surface area contributed by atoms with Crippen LogP contribution >= 0.6 is 0 Å². The van der Waals surface area contributed by atoms with Crippen molar-refractivity contribution in [2.45, 2.75) is 6.92 Å². The van der Waals surface area contributed by atoms with Crippen LogP contribution in [0, 0.1) is 6.92 Å². The molecule has 0 radical (unpaired) electrons. The number of anilines is 1. The summed E-state index contributed by atoms with van der Waals surface area (Å²) < 4.78 is 10.4. The number of amides is 1. The number of hydrogen-bond donors (Lipinski definition) is 1. The van der Waals surface area contributed by atoms with E-state index < -0.39 is 0 Å². The van der Waals surface area contributed by atoms with Gasteiger partial charge < -0.3 is 14.3 Å². The minimum atomic E-state index is -0.304. The molecule has 4 rings (SSSR count). The van der Waals surface area contributed by atoms with Crippen LogP contribution < -0.4 is 5.32 Å². The highest BCUT2D eigenvalue weighted by Gasteiger charge is 2.12. The van der Waals surface area contributed by atoms with Crippen molar-refractivity contribution in [1.29, 1.82) is 0 Å². The molecular formula is C20H15N3O3. The van der Waals surface area contributed by atoms with Crippen LogP contribution in [0.1, 0.15) is 16.1 Å². The molecular weight excluding hydrogens is 330 g/mol. The predicted octanol–water partition coefficient (Wildman–Crippen LogP) is 4.56. The number of rotatable bonds is 4. The third-order valence-electron chi connectivity index (χ3n) is 3.87. The molecule has 0 aliphatic heterocycles. The molecule has 1 N–H and O–H groups in total. The molecule has 2 heterocycles. The number of nitrogens with zero attached hydrogens (tertiary/aromatic N) is 2. The van der Waals surface area contributed by atoms with Crippen molar-refractivity contribution in [1.82, 2.24) is 10.1 Å². The molecule has 0 atom stereocenters. The van der Waals surface area contributed by atoms with Gasteiger partial charge >= 0.3 is 0 Å². The van der Waals surface area contributed by atoms with E-state index in [1.807, 2.05) is 43.3 Å². The minimum Gasteiger partial charge on any atom is -0.459 e. The summed E-state index contributed by atoms with van der Waals surface area (Å²) >= 11 is 0. The summed E-state index contributed by atoms with van der Waals surface area (Å²) in [7, 11) is 0. The Morgan fingerprint density at radius 1 is 0.962 bits per heavy atom.